The summed E-state index contributed by atoms with van der Waals surface area (Å²) in [6.45, 7) is 3.54. The molecule has 0 saturated carbocycles. The molecule has 0 bridgehead atoms. The molecule has 0 saturated heterocycles. The SMILES string of the molecule is Cc1cc(C(=O)NN)cc(C)c1OC(=O)c1ccc(Br)cc1. The molecule has 1 amide bonds. The zero-order valence-corrected chi connectivity index (χ0v) is 13.7. The van der Waals surface area contributed by atoms with Crippen molar-refractivity contribution in [1.29, 1.82) is 0 Å². The van der Waals surface area contributed by atoms with E-state index in [1.807, 2.05) is 0 Å². The number of benzene rings is 2. The maximum absolute atomic E-state index is 12.2. The number of hydrogen-bond donors (Lipinski definition) is 2. The molecule has 2 aromatic rings. The first kappa shape index (κ1) is 16.2. The van der Waals surface area contributed by atoms with Gasteiger partial charge in [0.05, 0.1) is 5.56 Å². The standard InChI is InChI=1S/C16H15BrN2O3/c1-9-7-12(15(20)19-18)8-10(2)14(9)22-16(21)11-3-5-13(17)6-4-11/h3-8H,18H2,1-2H3,(H,19,20). The Hall–Kier alpha value is -2.18. The van der Waals surface area contributed by atoms with Crippen molar-refractivity contribution in [1.82, 2.24) is 5.43 Å². The van der Waals surface area contributed by atoms with Crippen LogP contribution < -0.4 is 16.0 Å². The topological polar surface area (TPSA) is 81.4 Å². The molecule has 0 spiro atoms. The summed E-state index contributed by atoms with van der Waals surface area (Å²) in [6, 6.07) is 10.1. The van der Waals surface area contributed by atoms with E-state index in [1.165, 1.54) is 0 Å². The predicted molar refractivity (Wildman–Crippen MR) is 86.7 cm³/mol. The highest BCUT2D eigenvalue weighted by molar-refractivity contribution is 9.10. The first-order valence-corrected chi connectivity index (χ1v) is 7.31. The highest BCUT2D eigenvalue weighted by atomic mass is 79.9. The molecule has 114 valence electrons. The third-order valence-electron chi connectivity index (χ3n) is 3.13. The van der Waals surface area contributed by atoms with E-state index in [1.54, 1.807) is 50.2 Å². The second-order valence-corrected chi connectivity index (χ2v) is 5.72. The average Bonchev–Trinajstić information content (AvgIpc) is 2.50. The fourth-order valence-corrected chi connectivity index (χ4v) is 2.33. The van der Waals surface area contributed by atoms with Gasteiger partial charge in [-0.2, -0.15) is 0 Å². The number of carbonyl (C=O) groups is 2. The number of hydrogen-bond acceptors (Lipinski definition) is 4. The van der Waals surface area contributed by atoms with Crippen LogP contribution in [-0.2, 0) is 0 Å². The highest BCUT2D eigenvalue weighted by Gasteiger charge is 2.15. The van der Waals surface area contributed by atoms with Gasteiger partial charge >= 0.3 is 5.97 Å². The number of esters is 1. The maximum atomic E-state index is 12.2. The molecular formula is C16H15BrN2O3. The van der Waals surface area contributed by atoms with Gasteiger partial charge in [-0.3, -0.25) is 10.2 Å². The van der Waals surface area contributed by atoms with Gasteiger partial charge in [0.15, 0.2) is 0 Å². The van der Waals surface area contributed by atoms with Crippen LogP contribution in [-0.4, -0.2) is 11.9 Å². The van der Waals surface area contributed by atoms with Gasteiger partial charge in [-0.05, 0) is 61.4 Å². The summed E-state index contributed by atoms with van der Waals surface area (Å²) >= 11 is 3.31. The number of aryl methyl sites for hydroxylation is 2. The number of nitrogens with two attached hydrogens (primary N) is 1. The van der Waals surface area contributed by atoms with Crippen LogP contribution >= 0.6 is 15.9 Å². The molecule has 0 heterocycles. The molecule has 0 radical (unpaired) electrons. The van der Waals surface area contributed by atoms with Crippen LogP contribution in [0.25, 0.3) is 0 Å². The van der Waals surface area contributed by atoms with Crippen molar-refractivity contribution >= 4 is 27.8 Å². The maximum Gasteiger partial charge on any atom is 0.343 e. The Kier molecular flexibility index (Phi) is 4.95. The van der Waals surface area contributed by atoms with Gasteiger partial charge in [0.1, 0.15) is 5.75 Å². The molecule has 2 rings (SSSR count). The minimum Gasteiger partial charge on any atom is -0.422 e. The molecule has 22 heavy (non-hydrogen) atoms. The number of ether oxygens (including phenoxy) is 1. The van der Waals surface area contributed by atoms with Gasteiger partial charge in [-0.15, -0.1) is 0 Å². The second kappa shape index (κ2) is 6.72. The van der Waals surface area contributed by atoms with Crippen molar-refractivity contribution in [2.45, 2.75) is 13.8 Å². The number of rotatable bonds is 3. The van der Waals surface area contributed by atoms with Gasteiger partial charge in [0.25, 0.3) is 5.91 Å². The molecular weight excluding hydrogens is 348 g/mol. The molecule has 3 N–H and O–H groups in total. The lowest BCUT2D eigenvalue weighted by atomic mass is 10.1. The minimum absolute atomic E-state index is 0.392. The molecule has 0 aliphatic rings. The highest BCUT2D eigenvalue weighted by Crippen LogP contribution is 2.26. The summed E-state index contributed by atoms with van der Waals surface area (Å²) in [5.41, 5.74) is 4.31. The van der Waals surface area contributed by atoms with Gasteiger partial charge in [-0.25, -0.2) is 10.6 Å². The van der Waals surface area contributed by atoms with E-state index in [0.29, 0.717) is 28.0 Å². The first-order valence-electron chi connectivity index (χ1n) is 6.52. The average molecular weight is 363 g/mol. The van der Waals surface area contributed by atoms with Crippen LogP contribution in [0.4, 0.5) is 0 Å². The number of hydrazine groups is 1. The molecule has 0 aliphatic carbocycles. The Labute approximate surface area is 136 Å². The summed E-state index contributed by atoms with van der Waals surface area (Å²) in [7, 11) is 0. The first-order chi connectivity index (χ1) is 10.4. The van der Waals surface area contributed by atoms with E-state index in [0.717, 1.165) is 4.47 Å². The van der Waals surface area contributed by atoms with Crippen LogP contribution in [0.15, 0.2) is 40.9 Å². The lowest BCUT2D eigenvalue weighted by Crippen LogP contribution is -2.30. The van der Waals surface area contributed by atoms with Crippen molar-refractivity contribution in [3.8, 4) is 5.75 Å². The van der Waals surface area contributed by atoms with Gasteiger partial charge in [0.2, 0.25) is 0 Å². The smallest absolute Gasteiger partial charge is 0.343 e. The minimum atomic E-state index is -0.449. The summed E-state index contributed by atoms with van der Waals surface area (Å²) in [4.78, 5) is 23.7. The lowest BCUT2D eigenvalue weighted by molar-refractivity contribution is 0.0732. The fourth-order valence-electron chi connectivity index (χ4n) is 2.06. The molecule has 2 aromatic carbocycles. The van der Waals surface area contributed by atoms with Crippen molar-refractivity contribution < 1.29 is 14.3 Å². The number of carbonyl (C=O) groups excluding carboxylic acids is 2. The van der Waals surface area contributed by atoms with Gasteiger partial charge < -0.3 is 4.74 Å². The van der Waals surface area contributed by atoms with Crippen molar-refractivity contribution in [3.63, 3.8) is 0 Å². The van der Waals surface area contributed by atoms with Crippen LogP contribution in [0, 0.1) is 13.8 Å². The third kappa shape index (κ3) is 3.52. The van der Waals surface area contributed by atoms with Crippen LogP contribution in [0.5, 0.6) is 5.75 Å². The number of amides is 1. The lowest BCUT2D eigenvalue weighted by Gasteiger charge is -2.12. The van der Waals surface area contributed by atoms with E-state index in [4.69, 9.17) is 10.6 Å². The van der Waals surface area contributed by atoms with Crippen LogP contribution in [0.2, 0.25) is 0 Å². The van der Waals surface area contributed by atoms with E-state index in [9.17, 15) is 9.59 Å². The number of nitrogens with one attached hydrogen (secondary N) is 1. The summed E-state index contributed by atoms with van der Waals surface area (Å²) in [5.74, 6) is 4.73. The van der Waals surface area contributed by atoms with Crippen LogP contribution in [0.3, 0.4) is 0 Å². The van der Waals surface area contributed by atoms with E-state index >= 15 is 0 Å². The molecule has 6 heteroatoms. The van der Waals surface area contributed by atoms with Gasteiger partial charge in [0, 0.05) is 10.0 Å². The Balaban J connectivity index is 2.28. The quantitative estimate of drug-likeness (QED) is 0.289. The Morgan fingerprint density at radius 2 is 1.59 bits per heavy atom. The Morgan fingerprint density at radius 3 is 2.09 bits per heavy atom. The molecule has 0 fully saturated rings. The molecule has 5 nitrogen and oxygen atoms in total. The van der Waals surface area contributed by atoms with Crippen molar-refractivity contribution in [2.24, 2.45) is 5.84 Å². The van der Waals surface area contributed by atoms with Crippen molar-refractivity contribution in [3.05, 3.63) is 63.1 Å². The predicted octanol–water partition coefficient (Wildman–Crippen LogP) is 2.89. The summed E-state index contributed by atoms with van der Waals surface area (Å²) in [5, 5.41) is 0. The zero-order valence-electron chi connectivity index (χ0n) is 12.1. The molecule has 0 aliphatic heterocycles. The second-order valence-electron chi connectivity index (χ2n) is 4.81. The normalized spacial score (nSPS) is 10.2. The number of halogens is 1. The largest absolute Gasteiger partial charge is 0.422 e. The summed E-state index contributed by atoms with van der Waals surface area (Å²) in [6.07, 6.45) is 0. The zero-order chi connectivity index (χ0) is 16.3. The fraction of sp³-hybridized carbons (Fsp3) is 0.125. The Morgan fingerprint density at radius 1 is 1.05 bits per heavy atom. The Bertz CT molecular complexity index is 704. The van der Waals surface area contributed by atoms with Crippen LogP contribution in [0.1, 0.15) is 31.8 Å². The van der Waals surface area contributed by atoms with Crippen molar-refractivity contribution in [2.75, 3.05) is 0 Å². The monoisotopic (exact) mass is 362 g/mol. The van der Waals surface area contributed by atoms with E-state index < -0.39 is 11.9 Å². The van der Waals surface area contributed by atoms with Gasteiger partial charge in [-0.1, -0.05) is 15.9 Å². The molecule has 0 aromatic heterocycles. The van der Waals surface area contributed by atoms with E-state index in [2.05, 4.69) is 21.4 Å². The molecule has 0 atom stereocenters. The third-order valence-corrected chi connectivity index (χ3v) is 3.66. The number of nitrogen functional groups attached to an aromatic ring is 1. The summed E-state index contributed by atoms with van der Waals surface area (Å²) < 4.78 is 6.34. The molecule has 0 unspecified atom stereocenters. The van der Waals surface area contributed by atoms with E-state index in [-0.39, 0.29) is 0 Å².